The molecule has 120 valence electrons. The first-order valence-corrected chi connectivity index (χ1v) is 7.66. The van der Waals surface area contributed by atoms with Gasteiger partial charge in [-0.3, -0.25) is 14.6 Å². The molecule has 0 saturated carbocycles. The Morgan fingerprint density at radius 3 is 2.88 bits per heavy atom. The Morgan fingerprint density at radius 1 is 1.21 bits per heavy atom. The number of rotatable bonds is 3. The lowest BCUT2D eigenvalue weighted by molar-refractivity contribution is 0.388. The minimum atomic E-state index is -0.104. The smallest absolute Gasteiger partial charge is 0.305 e. The molecule has 3 heterocycles. The van der Waals surface area contributed by atoms with E-state index < -0.39 is 0 Å². The topological polar surface area (TPSA) is 72.0 Å². The maximum Gasteiger partial charge on any atom is 0.305 e. The number of hydrogen-bond donors (Lipinski definition) is 1. The molecule has 0 radical (unpaired) electrons. The minimum Gasteiger partial charge on any atom is -0.493 e. The van der Waals surface area contributed by atoms with Crippen LogP contribution in [0.1, 0.15) is 5.69 Å². The van der Waals surface area contributed by atoms with Gasteiger partial charge in [-0.1, -0.05) is 24.3 Å². The van der Waals surface area contributed by atoms with Crippen LogP contribution in [0.25, 0.3) is 6.08 Å². The Morgan fingerprint density at radius 2 is 2.04 bits per heavy atom. The fourth-order valence-corrected chi connectivity index (χ4v) is 2.73. The molecular weight excluding hydrogens is 304 g/mol. The minimum absolute atomic E-state index is 0.0496. The number of benzene rings is 1. The molecule has 1 N–H and O–H groups in total. The SMILES string of the molecule is Cn1c(Oc2ccccc2)nc(C=C2C=NC3N=CC=CC23)c1O. The van der Waals surface area contributed by atoms with Gasteiger partial charge in [0.05, 0.1) is 0 Å². The summed E-state index contributed by atoms with van der Waals surface area (Å²) in [6.07, 6.45) is 9.22. The van der Waals surface area contributed by atoms with Crippen LogP contribution in [-0.4, -0.2) is 33.3 Å². The molecule has 0 amide bonds. The normalized spacial score (nSPS) is 23.0. The Bertz CT molecular complexity index is 878. The summed E-state index contributed by atoms with van der Waals surface area (Å²) in [5.74, 6) is 0.806. The molecule has 4 rings (SSSR count). The number of aromatic nitrogens is 2. The molecule has 2 aliphatic rings. The number of para-hydroxylation sites is 1. The molecule has 0 bridgehead atoms. The summed E-state index contributed by atoms with van der Waals surface area (Å²) in [4.78, 5) is 13.1. The van der Waals surface area contributed by atoms with E-state index in [1.54, 1.807) is 19.5 Å². The van der Waals surface area contributed by atoms with E-state index in [1.807, 2.05) is 42.5 Å². The lowest BCUT2D eigenvalue weighted by Crippen LogP contribution is -2.13. The Hall–Kier alpha value is -3.15. The van der Waals surface area contributed by atoms with Crippen LogP contribution in [0.3, 0.4) is 0 Å². The van der Waals surface area contributed by atoms with E-state index >= 15 is 0 Å². The van der Waals surface area contributed by atoms with Crippen LogP contribution in [0.5, 0.6) is 17.6 Å². The maximum atomic E-state index is 10.3. The predicted molar refractivity (Wildman–Crippen MR) is 92.8 cm³/mol. The van der Waals surface area contributed by atoms with Crippen LogP contribution in [0.15, 0.2) is 58.0 Å². The summed E-state index contributed by atoms with van der Waals surface area (Å²) >= 11 is 0. The molecule has 0 saturated heterocycles. The van der Waals surface area contributed by atoms with Gasteiger partial charge in [-0.25, -0.2) is 0 Å². The third kappa shape index (κ3) is 2.52. The van der Waals surface area contributed by atoms with E-state index in [9.17, 15) is 5.11 Å². The number of ether oxygens (including phenoxy) is 1. The van der Waals surface area contributed by atoms with Crippen molar-refractivity contribution in [1.29, 1.82) is 0 Å². The Kier molecular flexibility index (Phi) is 3.49. The third-order valence-corrected chi connectivity index (χ3v) is 4.03. The van der Waals surface area contributed by atoms with Gasteiger partial charge >= 0.3 is 6.01 Å². The molecule has 2 aliphatic heterocycles. The zero-order valence-electron chi connectivity index (χ0n) is 13.1. The summed E-state index contributed by atoms with van der Waals surface area (Å²) < 4.78 is 7.24. The number of aromatic hydroxyl groups is 1. The highest BCUT2D eigenvalue weighted by atomic mass is 16.5. The zero-order valence-corrected chi connectivity index (χ0v) is 13.1. The summed E-state index contributed by atoms with van der Waals surface area (Å²) in [5.41, 5.74) is 1.42. The second-order valence-corrected chi connectivity index (χ2v) is 5.62. The summed E-state index contributed by atoms with van der Waals surface area (Å²) in [5, 5.41) is 10.3. The van der Waals surface area contributed by atoms with Gasteiger partial charge < -0.3 is 9.84 Å². The van der Waals surface area contributed by atoms with Gasteiger partial charge in [0.15, 0.2) is 0 Å². The van der Waals surface area contributed by atoms with Gasteiger partial charge in [0.1, 0.15) is 17.6 Å². The maximum absolute atomic E-state index is 10.3. The van der Waals surface area contributed by atoms with E-state index in [4.69, 9.17) is 4.74 Å². The lowest BCUT2D eigenvalue weighted by atomic mass is 9.97. The van der Waals surface area contributed by atoms with Crippen LogP contribution >= 0.6 is 0 Å². The molecule has 2 atom stereocenters. The van der Waals surface area contributed by atoms with Crippen LogP contribution in [0.4, 0.5) is 0 Å². The average Bonchev–Trinajstić information content (AvgIpc) is 3.13. The van der Waals surface area contributed by atoms with Crippen LogP contribution in [-0.2, 0) is 7.05 Å². The van der Waals surface area contributed by atoms with Gasteiger partial charge in [0, 0.05) is 25.4 Å². The Labute approximate surface area is 139 Å². The lowest BCUT2D eigenvalue weighted by Gasteiger charge is -2.13. The summed E-state index contributed by atoms with van der Waals surface area (Å²) in [7, 11) is 1.71. The third-order valence-electron chi connectivity index (χ3n) is 4.03. The highest BCUT2D eigenvalue weighted by Crippen LogP contribution is 2.32. The molecule has 2 unspecified atom stereocenters. The molecule has 1 aromatic carbocycles. The number of hydrogen-bond acceptors (Lipinski definition) is 5. The van der Waals surface area contributed by atoms with Gasteiger partial charge in [-0.2, -0.15) is 4.98 Å². The van der Waals surface area contributed by atoms with Crippen molar-refractivity contribution in [1.82, 2.24) is 9.55 Å². The molecule has 6 nitrogen and oxygen atoms in total. The van der Waals surface area contributed by atoms with Crippen molar-refractivity contribution in [2.45, 2.75) is 6.17 Å². The number of aliphatic imine (C=N–C) groups is 2. The van der Waals surface area contributed by atoms with E-state index in [0.717, 1.165) is 5.57 Å². The molecule has 0 spiro atoms. The van der Waals surface area contributed by atoms with Gasteiger partial charge in [-0.05, 0) is 29.9 Å². The standard InChI is InChI=1S/C18H16N4O2/c1-22-17(23)15(21-18(22)24-13-6-3-2-4-7-13)10-12-11-20-16-14(12)8-5-9-19-16/h2-11,14,16,23H,1H3. The molecule has 1 aromatic heterocycles. The van der Waals surface area contributed by atoms with Crippen molar-refractivity contribution in [2.24, 2.45) is 23.0 Å². The second kappa shape index (κ2) is 5.81. The van der Waals surface area contributed by atoms with E-state index in [0.29, 0.717) is 17.5 Å². The monoisotopic (exact) mass is 320 g/mol. The first kappa shape index (κ1) is 14.4. The van der Waals surface area contributed by atoms with Gasteiger partial charge in [0.25, 0.3) is 0 Å². The molecule has 24 heavy (non-hydrogen) atoms. The molecule has 2 aromatic rings. The van der Waals surface area contributed by atoms with Crippen molar-refractivity contribution in [2.75, 3.05) is 0 Å². The van der Waals surface area contributed by atoms with Crippen molar-refractivity contribution >= 4 is 18.5 Å². The van der Waals surface area contributed by atoms with Crippen molar-refractivity contribution in [3.05, 3.63) is 53.8 Å². The van der Waals surface area contributed by atoms with Crippen molar-refractivity contribution in [3.8, 4) is 17.6 Å². The first-order chi connectivity index (χ1) is 11.7. The van der Waals surface area contributed by atoms with E-state index in [2.05, 4.69) is 21.0 Å². The number of fused-ring (bicyclic) bond motifs is 1. The quantitative estimate of drug-likeness (QED) is 0.945. The number of allylic oxidation sites excluding steroid dienone is 1. The molecular formula is C18H16N4O2. The fraction of sp³-hybridized carbons (Fsp3) is 0.167. The van der Waals surface area contributed by atoms with Crippen molar-refractivity contribution in [3.63, 3.8) is 0 Å². The Balaban J connectivity index is 1.64. The van der Waals surface area contributed by atoms with Gasteiger partial charge in [0.2, 0.25) is 5.88 Å². The van der Waals surface area contributed by atoms with Crippen LogP contribution in [0.2, 0.25) is 0 Å². The zero-order chi connectivity index (χ0) is 16.5. The second-order valence-electron chi connectivity index (χ2n) is 5.62. The highest BCUT2D eigenvalue weighted by molar-refractivity contribution is 5.90. The summed E-state index contributed by atoms with van der Waals surface area (Å²) in [6, 6.07) is 9.67. The van der Waals surface area contributed by atoms with Crippen molar-refractivity contribution < 1.29 is 9.84 Å². The summed E-state index contributed by atoms with van der Waals surface area (Å²) in [6.45, 7) is 0. The van der Waals surface area contributed by atoms with E-state index in [-0.39, 0.29) is 18.0 Å². The van der Waals surface area contributed by atoms with E-state index in [1.165, 1.54) is 4.57 Å². The molecule has 0 aliphatic carbocycles. The largest absolute Gasteiger partial charge is 0.493 e. The predicted octanol–water partition coefficient (Wildman–Crippen LogP) is 2.97. The first-order valence-electron chi connectivity index (χ1n) is 7.66. The van der Waals surface area contributed by atoms with Crippen LogP contribution < -0.4 is 4.74 Å². The number of dihydropyridines is 1. The number of nitrogens with zero attached hydrogens (tertiary/aromatic N) is 4. The van der Waals surface area contributed by atoms with Gasteiger partial charge in [-0.15, -0.1) is 0 Å². The average molecular weight is 320 g/mol. The fourth-order valence-electron chi connectivity index (χ4n) is 2.73. The van der Waals surface area contributed by atoms with Crippen LogP contribution in [0, 0.1) is 5.92 Å². The molecule has 6 heteroatoms. The number of imidazole rings is 1. The molecule has 0 fully saturated rings. The highest BCUT2D eigenvalue weighted by Gasteiger charge is 2.27.